The van der Waals surface area contributed by atoms with Gasteiger partial charge >= 0.3 is 5.97 Å². The lowest BCUT2D eigenvalue weighted by Gasteiger charge is -2.46. The number of aliphatic hydroxyl groups excluding tert-OH is 7. The highest BCUT2D eigenvalue weighted by molar-refractivity contribution is 5.68. The van der Waals surface area contributed by atoms with Crippen LogP contribution in [0.15, 0.2) is 0 Å². The molecule has 35 heavy (non-hydrogen) atoms. The van der Waals surface area contributed by atoms with Gasteiger partial charge in [-0.15, -0.1) is 0 Å². The first-order chi connectivity index (χ1) is 16.7. The molecule has 0 amide bonds. The molecule has 0 bridgehead atoms. The number of aliphatic hydroxyl groups is 7. The molecule has 0 aliphatic carbocycles. The van der Waals surface area contributed by atoms with E-state index in [-0.39, 0.29) is 12.6 Å². The molecule has 206 valence electrons. The summed E-state index contributed by atoms with van der Waals surface area (Å²) in [7, 11) is 1.36. The third-order valence-electron chi connectivity index (χ3n) is 6.27. The predicted octanol–water partition coefficient (Wildman–Crippen LogP) is -2.47. The minimum absolute atomic E-state index is 0.193. The summed E-state index contributed by atoms with van der Waals surface area (Å²) in [5, 5.41) is 70.0. The maximum atomic E-state index is 11.1. The van der Waals surface area contributed by atoms with Crippen molar-refractivity contribution in [2.75, 3.05) is 26.9 Å². The lowest BCUT2D eigenvalue weighted by molar-refractivity contribution is -0.359. The third-order valence-corrected chi connectivity index (χ3v) is 6.27. The summed E-state index contributed by atoms with van der Waals surface area (Å²) in [5.74, 6) is -0.224. The molecule has 0 aromatic rings. The van der Waals surface area contributed by atoms with Gasteiger partial charge < -0.3 is 59.4 Å². The van der Waals surface area contributed by atoms with Crippen LogP contribution in [0.25, 0.3) is 0 Å². The molecule has 10 atom stereocenters. The summed E-state index contributed by atoms with van der Waals surface area (Å²) >= 11 is 0. The summed E-state index contributed by atoms with van der Waals surface area (Å²) in [6.45, 7) is -1.10. The maximum absolute atomic E-state index is 11.1. The van der Waals surface area contributed by atoms with Gasteiger partial charge in [-0.1, -0.05) is 25.7 Å². The standard InChI is InChI=1S/C22H40O13/c1-31-14(25)8-6-4-2-3-5-7-9-32-20-19(16(27)13(11-24)33-21(20)30)35-22-18(29)17(28)15(26)12(10-23)34-22/h12-13,15-24,26-30H,2-11H2,1H3/t12-,13-,15-,16-,17+,18-,19+,20+,21?,22?/m1/s1. The maximum Gasteiger partial charge on any atom is 0.305 e. The molecule has 2 fully saturated rings. The second kappa shape index (κ2) is 15.3. The molecule has 2 aliphatic rings. The molecule has 0 spiro atoms. The topological polar surface area (TPSA) is 205 Å². The van der Waals surface area contributed by atoms with Crippen molar-refractivity contribution in [3.63, 3.8) is 0 Å². The van der Waals surface area contributed by atoms with Crippen molar-refractivity contribution in [3.8, 4) is 0 Å². The van der Waals surface area contributed by atoms with Crippen molar-refractivity contribution in [1.82, 2.24) is 0 Å². The van der Waals surface area contributed by atoms with Crippen LogP contribution in [0.3, 0.4) is 0 Å². The van der Waals surface area contributed by atoms with Crippen molar-refractivity contribution < 1.29 is 64.2 Å². The molecule has 2 aliphatic heterocycles. The van der Waals surface area contributed by atoms with E-state index in [1.165, 1.54) is 7.11 Å². The molecule has 0 radical (unpaired) electrons. The Kier molecular flexibility index (Phi) is 13.2. The van der Waals surface area contributed by atoms with Crippen molar-refractivity contribution in [1.29, 1.82) is 0 Å². The lowest BCUT2D eigenvalue weighted by atomic mass is 9.97. The van der Waals surface area contributed by atoms with Gasteiger partial charge in [-0.25, -0.2) is 0 Å². The zero-order valence-electron chi connectivity index (χ0n) is 19.9. The van der Waals surface area contributed by atoms with E-state index < -0.39 is 74.6 Å². The van der Waals surface area contributed by atoms with Crippen LogP contribution in [0.5, 0.6) is 0 Å². The predicted molar refractivity (Wildman–Crippen MR) is 117 cm³/mol. The average molecular weight is 513 g/mol. The summed E-state index contributed by atoms with van der Waals surface area (Å²) in [6, 6.07) is 0. The summed E-state index contributed by atoms with van der Waals surface area (Å²) in [6.07, 6.45) is -9.20. The largest absolute Gasteiger partial charge is 0.469 e. The van der Waals surface area contributed by atoms with Crippen molar-refractivity contribution in [3.05, 3.63) is 0 Å². The van der Waals surface area contributed by atoms with E-state index in [1.54, 1.807) is 0 Å². The molecular formula is C22H40O13. The Labute approximate surface area is 204 Å². The number of hydrogen-bond donors (Lipinski definition) is 7. The Balaban J connectivity index is 1.88. The van der Waals surface area contributed by atoms with Gasteiger partial charge in [0.1, 0.15) is 48.8 Å². The van der Waals surface area contributed by atoms with Crippen LogP contribution in [0.4, 0.5) is 0 Å². The summed E-state index contributed by atoms with van der Waals surface area (Å²) < 4.78 is 26.5. The molecule has 13 heteroatoms. The van der Waals surface area contributed by atoms with Crippen LogP contribution in [0, 0.1) is 0 Å². The van der Waals surface area contributed by atoms with Crippen molar-refractivity contribution in [2.45, 2.75) is 106 Å². The number of carbonyl (C=O) groups excluding carboxylic acids is 1. The number of carbonyl (C=O) groups is 1. The number of rotatable bonds is 14. The van der Waals surface area contributed by atoms with Crippen LogP contribution in [0.2, 0.25) is 0 Å². The van der Waals surface area contributed by atoms with E-state index in [1.807, 2.05) is 0 Å². The molecule has 2 heterocycles. The fraction of sp³-hybridized carbons (Fsp3) is 0.955. The van der Waals surface area contributed by atoms with Crippen LogP contribution < -0.4 is 0 Å². The van der Waals surface area contributed by atoms with E-state index in [4.69, 9.17) is 18.9 Å². The van der Waals surface area contributed by atoms with Gasteiger partial charge in [0.15, 0.2) is 12.6 Å². The van der Waals surface area contributed by atoms with Crippen molar-refractivity contribution >= 4 is 5.97 Å². The highest BCUT2D eigenvalue weighted by Gasteiger charge is 2.51. The van der Waals surface area contributed by atoms with Gasteiger partial charge in [0, 0.05) is 13.0 Å². The number of esters is 1. The smallest absolute Gasteiger partial charge is 0.305 e. The van der Waals surface area contributed by atoms with Gasteiger partial charge in [0.05, 0.1) is 20.3 Å². The zero-order chi connectivity index (χ0) is 26.0. The monoisotopic (exact) mass is 512 g/mol. The average Bonchev–Trinajstić information content (AvgIpc) is 2.85. The lowest BCUT2D eigenvalue weighted by Crippen LogP contribution is -2.65. The number of methoxy groups -OCH3 is 1. The fourth-order valence-electron chi connectivity index (χ4n) is 4.13. The molecule has 2 rings (SSSR count). The van der Waals surface area contributed by atoms with Crippen LogP contribution in [-0.2, 0) is 28.5 Å². The molecule has 0 saturated carbocycles. The van der Waals surface area contributed by atoms with Crippen LogP contribution in [-0.4, -0.2) is 130 Å². The van der Waals surface area contributed by atoms with Crippen LogP contribution in [0.1, 0.15) is 44.9 Å². The normalized spacial score (nSPS) is 37.8. The van der Waals surface area contributed by atoms with Gasteiger partial charge in [-0.05, 0) is 12.8 Å². The highest BCUT2D eigenvalue weighted by Crippen LogP contribution is 2.30. The van der Waals surface area contributed by atoms with Crippen LogP contribution >= 0.6 is 0 Å². The Hall–Kier alpha value is -0.970. The molecule has 0 aromatic carbocycles. The summed E-state index contributed by atoms with van der Waals surface area (Å²) in [4.78, 5) is 11.1. The minimum Gasteiger partial charge on any atom is -0.469 e. The Morgan fingerprint density at radius 3 is 1.97 bits per heavy atom. The van der Waals surface area contributed by atoms with Gasteiger partial charge in [0.25, 0.3) is 0 Å². The van der Waals surface area contributed by atoms with E-state index >= 15 is 0 Å². The van der Waals surface area contributed by atoms with Crippen molar-refractivity contribution in [2.24, 2.45) is 0 Å². The van der Waals surface area contributed by atoms with Gasteiger partial charge in [-0.3, -0.25) is 4.79 Å². The Morgan fingerprint density at radius 1 is 0.743 bits per heavy atom. The molecule has 13 nitrogen and oxygen atoms in total. The van der Waals surface area contributed by atoms with E-state index in [2.05, 4.69) is 4.74 Å². The number of unbranched alkanes of at least 4 members (excludes halogenated alkanes) is 5. The van der Waals surface area contributed by atoms with Gasteiger partial charge in [-0.2, -0.15) is 0 Å². The first kappa shape index (κ1) is 30.3. The first-order valence-corrected chi connectivity index (χ1v) is 12.0. The number of hydrogen-bond acceptors (Lipinski definition) is 13. The quantitative estimate of drug-likeness (QED) is 0.0953. The fourth-order valence-corrected chi connectivity index (χ4v) is 4.13. The third kappa shape index (κ3) is 8.54. The second-order valence-electron chi connectivity index (χ2n) is 8.82. The molecular weight excluding hydrogens is 472 g/mol. The highest BCUT2D eigenvalue weighted by atomic mass is 16.7. The molecule has 2 unspecified atom stereocenters. The minimum atomic E-state index is -1.72. The van der Waals surface area contributed by atoms with E-state index in [9.17, 15) is 40.5 Å². The first-order valence-electron chi connectivity index (χ1n) is 12.0. The number of ether oxygens (including phenoxy) is 5. The second-order valence-corrected chi connectivity index (χ2v) is 8.82. The zero-order valence-corrected chi connectivity index (χ0v) is 19.9. The Morgan fingerprint density at radius 2 is 1.34 bits per heavy atom. The molecule has 0 aromatic heterocycles. The van der Waals surface area contributed by atoms with E-state index in [0.29, 0.717) is 12.8 Å². The summed E-state index contributed by atoms with van der Waals surface area (Å²) in [5.41, 5.74) is 0. The molecule has 7 N–H and O–H groups in total. The SMILES string of the molecule is COC(=O)CCCCCCCCO[C@@H]1C(O)O[C@H](CO)[C@@H](O)[C@@H]1OC1O[C@H](CO)[C@@H](O)[C@H](O)[C@H]1O. The molecule has 2 saturated heterocycles. The van der Waals surface area contributed by atoms with Gasteiger partial charge in [0.2, 0.25) is 0 Å². The van der Waals surface area contributed by atoms with E-state index in [0.717, 1.165) is 32.1 Å². The Bertz CT molecular complexity index is 606.